The van der Waals surface area contributed by atoms with Gasteiger partial charge in [-0.2, -0.15) is 0 Å². The van der Waals surface area contributed by atoms with E-state index in [1.807, 2.05) is 24.3 Å². The van der Waals surface area contributed by atoms with E-state index in [2.05, 4.69) is 4.98 Å². The molecule has 1 N–H and O–H groups in total. The number of aliphatic hydroxyl groups is 1. The summed E-state index contributed by atoms with van der Waals surface area (Å²) in [6, 6.07) is 9.27. The molecule has 1 aliphatic rings. The minimum absolute atomic E-state index is 0.134. The molecule has 1 aliphatic carbocycles. The summed E-state index contributed by atoms with van der Waals surface area (Å²) in [7, 11) is 0. The number of pyridine rings is 1. The second-order valence-corrected chi connectivity index (χ2v) is 5.69. The van der Waals surface area contributed by atoms with E-state index < -0.39 is 5.60 Å². The first kappa shape index (κ1) is 13.3. The molecule has 0 bridgehead atoms. The van der Waals surface area contributed by atoms with Gasteiger partial charge in [0.05, 0.1) is 5.52 Å². The molecule has 2 aromatic rings. The fourth-order valence-electron chi connectivity index (χ4n) is 3.03. The molecule has 0 spiro atoms. The monoisotopic (exact) mass is 269 g/mol. The summed E-state index contributed by atoms with van der Waals surface area (Å²) < 4.78 is 0. The quantitative estimate of drug-likeness (QED) is 0.670. The third-order valence-corrected chi connectivity index (χ3v) is 4.22. The molecule has 0 aliphatic heterocycles. The molecule has 0 radical (unpaired) electrons. The van der Waals surface area contributed by atoms with Crippen LogP contribution >= 0.6 is 0 Å². The van der Waals surface area contributed by atoms with Gasteiger partial charge in [-0.15, -0.1) is 0 Å². The largest absolute Gasteiger partial charge is 0.382 e. The van der Waals surface area contributed by atoms with E-state index in [1.54, 1.807) is 12.3 Å². The zero-order valence-electron chi connectivity index (χ0n) is 11.5. The normalized spacial score (nSPS) is 18.6. The third-order valence-electron chi connectivity index (χ3n) is 4.22. The Labute approximate surface area is 118 Å². The lowest BCUT2D eigenvalue weighted by molar-refractivity contribution is 0.0238. The van der Waals surface area contributed by atoms with Crippen LogP contribution in [-0.4, -0.2) is 21.5 Å². The molecule has 3 heteroatoms. The molecule has 1 fully saturated rings. The SMILES string of the molecule is O=C(c1ccc2ncccc2c1)C1(O)CCCCCC1. The van der Waals surface area contributed by atoms with Gasteiger partial charge in [-0.25, -0.2) is 0 Å². The summed E-state index contributed by atoms with van der Waals surface area (Å²) in [5, 5.41) is 11.6. The van der Waals surface area contributed by atoms with Gasteiger partial charge in [0.1, 0.15) is 5.60 Å². The van der Waals surface area contributed by atoms with Crippen molar-refractivity contribution >= 4 is 16.7 Å². The molecule has 0 unspecified atom stereocenters. The van der Waals surface area contributed by atoms with Gasteiger partial charge in [0.15, 0.2) is 5.78 Å². The maximum absolute atomic E-state index is 12.6. The second-order valence-electron chi connectivity index (χ2n) is 5.69. The Morgan fingerprint density at radius 1 is 1.10 bits per heavy atom. The van der Waals surface area contributed by atoms with E-state index >= 15 is 0 Å². The molecule has 1 heterocycles. The van der Waals surface area contributed by atoms with Gasteiger partial charge >= 0.3 is 0 Å². The number of hydrogen-bond acceptors (Lipinski definition) is 3. The van der Waals surface area contributed by atoms with Crippen molar-refractivity contribution in [3.05, 3.63) is 42.1 Å². The molecule has 20 heavy (non-hydrogen) atoms. The minimum Gasteiger partial charge on any atom is -0.382 e. The second kappa shape index (κ2) is 5.33. The summed E-state index contributed by atoms with van der Waals surface area (Å²) in [5.41, 5.74) is 0.290. The maximum atomic E-state index is 12.6. The van der Waals surface area contributed by atoms with Crippen LogP contribution in [0.2, 0.25) is 0 Å². The van der Waals surface area contributed by atoms with Crippen molar-refractivity contribution in [2.45, 2.75) is 44.1 Å². The van der Waals surface area contributed by atoms with E-state index in [1.165, 1.54) is 0 Å². The highest BCUT2D eigenvalue weighted by Gasteiger charge is 2.36. The van der Waals surface area contributed by atoms with Gasteiger partial charge in [0, 0.05) is 17.1 Å². The van der Waals surface area contributed by atoms with Crippen molar-refractivity contribution in [1.29, 1.82) is 0 Å². The number of rotatable bonds is 2. The number of fused-ring (bicyclic) bond motifs is 1. The van der Waals surface area contributed by atoms with Crippen molar-refractivity contribution < 1.29 is 9.90 Å². The van der Waals surface area contributed by atoms with Crippen molar-refractivity contribution in [3.8, 4) is 0 Å². The number of hydrogen-bond donors (Lipinski definition) is 1. The van der Waals surface area contributed by atoms with Gasteiger partial charge in [0.2, 0.25) is 0 Å². The predicted molar refractivity (Wildman–Crippen MR) is 78.7 cm³/mol. The van der Waals surface area contributed by atoms with Crippen molar-refractivity contribution in [2.24, 2.45) is 0 Å². The van der Waals surface area contributed by atoms with Crippen LogP contribution in [0.1, 0.15) is 48.9 Å². The smallest absolute Gasteiger partial charge is 0.194 e. The highest BCUT2D eigenvalue weighted by atomic mass is 16.3. The van der Waals surface area contributed by atoms with Crippen LogP contribution in [0.4, 0.5) is 0 Å². The number of carbonyl (C=O) groups excluding carboxylic acids is 1. The van der Waals surface area contributed by atoms with Crippen LogP contribution < -0.4 is 0 Å². The van der Waals surface area contributed by atoms with Crippen LogP contribution in [0.3, 0.4) is 0 Å². The molecule has 1 saturated carbocycles. The topological polar surface area (TPSA) is 50.2 Å². The van der Waals surface area contributed by atoms with Crippen molar-refractivity contribution in [1.82, 2.24) is 4.98 Å². The lowest BCUT2D eigenvalue weighted by Gasteiger charge is -2.25. The summed E-state index contributed by atoms with van der Waals surface area (Å²) in [6.07, 6.45) is 6.97. The number of Topliss-reactive ketones (excluding diaryl/α,β-unsaturated/α-hetero) is 1. The Morgan fingerprint density at radius 3 is 2.60 bits per heavy atom. The lowest BCUT2D eigenvalue weighted by atomic mass is 9.86. The highest BCUT2D eigenvalue weighted by Crippen LogP contribution is 2.30. The Kier molecular flexibility index (Phi) is 3.53. The Morgan fingerprint density at radius 2 is 1.85 bits per heavy atom. The summed E-state index contributed by atoms with van der Waals surface area (Å²) in [6.45, 7) is 0. The summed E-state index contributed by atoms with van der Waals surface area (Å²) >= 11 is 0. The number of ketones is 1. The average Bonchev–Trinajstić information content (AvgIpc) is 2.72. The van der Waals surface area contributed by atoms with Crippen LogP contribution in [-0.2, 0) is 0 Å². The fraction of sp³-hybridized carbons (Fsp3) is 0.412. The fourth-order valence-corrected chi connectivity index (χ4v) is 3.03. The van der Waals surface area contributed by atoms with Crippen molar-refractivity contribution in [2.75, 3.05) is 0 Å². The standard InChI is InChI=1S/C17H19NO2/c19-16(17(20)9-3-1-2-4-10-17)14-7-8-15-13(12-14)6-5-11-18-15/h5-8,11-12,20H,1-4,9-10H2. The summed E-state index contributed by atoms with van der Waals surface area (Å²) in [4.78, 5) is 16.9. The molecular formula is C17H19NO2. The summed E-state index contributed by atoms with van der Waals surface area (Å²) in [5.74, 6) is -0.134. The van der Waals surface area contributed by atoms with E-state index in [-0.39, 0.29) is 5.78 Å². The molecule has 3 nitrogen and oxygen atoms in total. The first-order valence-corrected chi connectivity index (χ1v) is 7.31. The van der Waals surface area contributed by atoms with Gasteiger partial charge in [-0.3, -0.25) is 9.78 Å². The number of nitrogens with zero attached hydrogens (tertiary/aromatic N) is 1. The van der Waals surface area contributed by atoms with Crippen LogP contribution in [0.5, 0.6) is 0 Å². The molecule has 0 atom stereocenters. The minimum atomic E-state index is -1.17. The average molecular weight is 269 g/mol. The molecule has 0 amide bonds. The number of benzene rings is 1. The van der Waals surface area contributed by atoms with E-state index in [0.717, 1.165) is 36.6 Å². The van der Waals surface area contributed by atoms with Gasteiger partial charge in [-0.05, 0) is 37.1 Å². The third kappa shape index (κ3) is 2.46. The first-order chi connectivity index (χ1) is 9.69. The molecule has 1 aromatic heterocycles. The molecule has 3 rings (SSSR count). The van der Waals surface area contributed by atoms with E-state index in [0.29, 0.717) is 18.4 Å². The Hall–Kier alpha value is -1.74. The zero-order chi connectivity index (χ0) is 14.0. The molecule has 0 saturated heterocycles. The predicted octanol–water partition coefficient (Wildman–Crippen LogP) is 3.50. The van der Waals surface area contributed by atoms with Gasteiger partial charge < -0.3 is 5.11 Å². The van der Waals surface area contributed by atoms with Crippen molar-refractivity contribution in [3.63, 3.8) is 0 Å². The van der Waals surface area contributed by atoms with E-state index in [4.69, 9.17) is 0 Å². The maximum Gasteiger partial charge on any atom is 0.194 e. The first-order valence-electron chi connectivity index (χ1n) is 7.31. The molecular weight excluding hydrogens is 250 g/mol. The van der Waals surface area contributed by atoms with Crippen LogP contribution in [0, 0.1) is 0 Å². The van der Waals surface area contributed by atoms with Crippen LogP contribution in [0.15, 0.2) is 36.5 Å². The number of aromatic nitrogens is 1. The molecule has 104 valence electrons. The highest BCUT2D eigenvalue weighted by molar-refractivity contribution is 6.04. The lowest BCUT2D eigenvalue weighted by Crippen LogP contribution is -2.38. The van der Waals surface area contributed by atoms with Gasteiger partial charge in [0.25, 0.3) is 0 Å². The van der Waals surface area contributed by atoms with E-state index in [9.17, 15) is 9.90 Å². The molecule has 1 aromatic carbocycles. The van der Waals surface area contributed by atoms with Crippen LogP contribution in [0.25, 0.3) is 10.9 Å². The van der Waals surface area contributed by atoms with Gasteiger partial charge in [-0.1, -0.05) is 31.7 Å². The Bertz CT molecular complexity index is 628. The number of carbonyl (C=O) groups is 1. The Balaban J connectivity index is 1.94. The zero-order valence-corrected chi connectivity index (χ0v) is 11.5.